The van der Waals surface area contributed by atoms with Crippen LogP contribution in [0.2, 0.25) is 0 Å². The second-order valence-corrected chi connectivity index (χ2v) is 19.1. The highest BCUT2D eigenvalue weighted by Gasteiger charge is 2.73. The van der Waals surface area contributed by atoms with Crippen molar-refractivity contribution in [2.24, 2.45) is 27.6 Å². The van der Waals surface area contributed by atoms with Gasteiger partial charge in [0.25, 0.3) is 5.91 Å². The number of rotatable bonds is 8. The van der Waals surface area contributed by atoms with Gasteiger partial charge in [-0.3, -0.25) is 14.4 Å². The van der Waals surface area contributed by atoms with E-state index in [2.05, 4.69) is 35.8 Å². The minimum atomic E-state index is -4.07. The Kier molecular flexibility index (Phi) is 8.68. The maximum Gasteiger partial charge on any atom is 0.408 e. The molecular weight excluding hydrogens is 622 g/mol. The normalized spacial score (nSPS) is 31.8. The first kappa shape index (κ1) is 35.6. The SMILES string of the molecule is C=CC1CC1(NC(=O)C1CC2(CN1C(=O)C(NC(=O)OC(C)(C)C)C(C)(C)C)CC1(CCC1)C2(C)C)C(=O)NS(=O)(=O)N1CCCC1. The summed E-state index contributed by atoms with van der Waals surface area (Å²) in [6.45, 7) is 20.1. The Hall–Kier alpha value is -2.67. The smallest absolute Gasteiger partial charge is 0.408 e. The Bertz CT molecular complexity index is 1440. The van der Waals surface area contributed by atoms with Gasteiger partial charge in [0, 0.05) is 25.6 Å². The van der Waals surface area contributed by atoms with Gasteiger partial charge in [0.2, 0.25) is 11.8 Å². The van der Waals surface area contributed by atoms with Crippen LogP contribution in [0.4, 0.5) is 4.79 Å². The van der Waals surface area contributed by atoms with E-state index in [4.69, 9.17) is 4.74 Å². The van der Waals surface area contributed by atoms with Crippen LogP contribution < -0.4 is 15.4 Å². The number of nitrogens with zero attached hydrogens (tertiary/aromatic N) is 2. The molecule has 3 aliphatic carbocycles. The summed E-state index contributed by atoms with van der Waals surface area (Å²) < 4.78 is 34.9. The third-order valence-electron chi connectivity index (χ3n) is 12.1. The zero-order valence-electron chi connectivity index (χ0n) is 29.5. The van der Waals surface area contributed by atoms with Gasteiger partial charge in [-0.25, -0.2) is 9.52 Å². The zero-order chi connectivity index (χ0) is 35.0. The summed E-state index contributed by atoms with van der Waals surface area (Å²) in [5.41, 5.74) is -3.26. The molecule has 3 saturated carbocycles. The summed E-state index contributed by atoms with van der Waals surface area (Å²) in [6.07, 6.45) is 7.18. The molecule has 5 aliphatic rings. The minimum Gasteiger partial charge on any atom is -0.444 e. The van der Waals surface area contributed by atoms with Crippen molar-refractivity contribution in [2.45, 2.75) is 130 Å². The highest BCUT2D eigenvalue weighted by atomic mass is 32.2. The van der Waals surface area contributed by atoms with E-state index in [1.54, 1.807) is 31.7 Å². The van der Waals surface area contributed by atoms with Crippen LogP contribution in [0, 0.1) is 27.6 Å². The van der Waals surface area contributed by atoms with Crippen molar-refractivity contribution in [1.82, 2.24) is 24.6 Å². The quantitative estimate of drug-likeness (QED) is 0.332. The van der Waals surface area contributed by atoms with Crippen LogP contribution in [0.3, 0.4) is 0 Å². The van der Waals surface area contributed by atoms with Crippen molar-refractivity contribution in [3.05, 3.63) is 12.7 Å². The van der Waals surface area contributed by atoms with Crippen molar-refractivity contribution >= 4 is 34.0 Å². The predicted octanol–water partition coefficient (Wildman–Crippen LogP) is 3.63. The molecule has 12 nitrogen and oxygen atoms in total. The Morgan fingerprint density at radius 3 is 2.04 bits per heavy atom. The molecule has 5 atom stereocenters. The summed E-state index contributed by atoms with van der Waals surface area (Å²) >= 11 is 0. The predicted molar refractivity (Wildman–Crippen MR) is 177 cm³/mol. The van der Waals surface area contributed by atoms with Gasteiger partial charge in [-0.15, -0.1) is 6.58 Å². The first-order valence-corrected chi connectivity index (χ1v) is 18.5. The number of hydrogen-bond acceptors (Lipinski definition) is 7. The largest absolute Gasteiger partial charge is 0.444 e. The molecule has 0 aromatic carbocycles. The lowest BCUT2D eigenvalue weighted by Gasteiger charge is -2.72. The van der Waals surface area contributed by atoms with E-state index in [0.717, 1.165) is 32.1 Å². The molecule has 0 aromatic rings. The van der Waals surface area contributed by atoms with Crippen LogP contribution in [0.25, 0.3) is 0 Å². The molecule has 3 N–H and O–H groups in total. The zero-order valence-corrected chi connectivity index (χ0v) is 30.3. The molecule has 2 heterocycles. The number of amides is 4. The molecule has 4 amide bonds. The second kappa shape index (κ2) is 11.5. The third kappa shape index (κ3) is 6.08. The van der Waals surface area contributed by atoms with Gasteiger partial charge >= 0.3 is 16.3 Å². The van der Waals surface area contributed by atoms with E-state index in [0.29, 0.717) is 26.1 Å². The van der Waals surface area contributed by atoms with E-state index in [9.17, 15) is 27.6 Å². The molecule has 5 rings (SSSR count). The highest BCUT2D eigenvalue weighted by Crippen LogP contribution is 2.77. The fourth-order valence-corrected chi connectivity index (χ4v) is 10.0. The van der Waals surface area contributed by atoms with Crippen molar-refractivity contribution in [2.75, 3.05) is 19.6 Å². The standard InChI is InChI=1S/C34H55N5O7S/c1-10-22-18-34(22,27(42)37-47(44,45)38-16-11-12-17-38)36-25(40)23-19-33(20-32(14-13-15-32)31(33,8)9)21-39(23)26(41)24(29(2,3)4)35-28(43)46-30(5,6)7/h10,22-24H,1,11-21H2,2-9H3,(H,35,43)(H,36,40)(H,37,42). The molecule has 47 heavy (non-hydrogen) atoms. The van der Waals surface area contributed by atoms with Gasteiger partial charge in [-0.05, 0) is 87.4 Å². The Morgan fingerprint density at radius 2 is 1.57 bits per heavy atom. The van der Waals surface area contributed by atoms with Gasteiger partial charge in [0.05, 0.1) is 0 Å². The fourth-order valence-electron chi connectivity index (χ4n) is 8.76. The van der Waals surface area contributed by atoms with Gasteiger partial charge in [0.15, 0.2) is 0 Å². The number of carbonyl (C=O) groups is 4. The summed E-state index contributed by atoms with van der Waals surface area (Å²) in [5.74, 6) is -2.17. The summed E-state index contributed by atoms with van der Waals surface area (Å²) in [4.78, 5) is 57.1. The number of likely N-dealkylation sites (tertiary alicyclic amines) is 1. The molecule has 0 bridgehead atoms. The Balaban J connectivity index is 1.43. The Morgan fingerprint density at radius 1 is 0.957 bits per heavy atom. The number of hydrogen-bond donors (Lipinski definition) is 3. The van der Waals surface area contributed by atoms with Crippen molar-refractivity contribution in [3.63, 3.8) is 0 Å². The topological polar surface area (TPSA) is 154 Å². The molecule has 5 fully saturated rings. The maximum atomic E-state index is 14.6. The van der Waals surface area contributed by atoms with Crippen LogP contribution in [-0.4, -0.2) is 84.3 Å². The molecule has 264 valence electrons. The van der Waals surface area contributed by atoms with Gasteiger partial charge in [-0.1, -0.05) is 47.1 Å². The summed E-state index contributed by atoms with van der Waals surface area (Å²) in [6, 6.07) is -1.91. The summed E-state index contributed by atoms with van der Waals surface area (Å²) in [5, 5.41) is 5.70. The molecule has 2 saturated heterocycles. The van der Waals surface area contributed by atoms with E-state index < -0.39 is 68.6 Å². The van der Waals surface area contributed by atoms with Crippen LogP contribution >= 0.6 is 0 Å². The molecule has 2 aliphatic heterocycles. The van der Waals surface area contributed by atoms with Crippen molar-refractivity contribution < 1.29 is 32.3 Å². The van der Waals surface area contributed by atoms with Crippen LogP contribution in [0.15, 0.2) is 12.7 Å². The van der Waals surface area contributed by atoms with Gasteiger partial charge in [-0.2, -0.15) is 12.7 Å². The second-order valence-electron chi connectivity index (χ2n) is 17.4. The maximum absolute atomic E-state index is 14.6. The monoisotopic (exact) mass is 677 g/mol. The Labute approximate surface area is 280 Å². The number of nitrogens with one attached hydrogen (secondary N) is 3. The van der Waals surface area contributed by atoms with Crippen LogP contribution in [0.5, 0.6) is 0 Å². The third-order valence-corrected chi connectivity index (χ3v) is 13.6. The first-order chi connectivity index (χ1) is 21.5. The van der Waals surface area contributed by atoms with E-state index in [-0.39, 0.29) is 22.7 Å². The average Bonchev–Trinajstić information content (AvgIpc) is 3.26. The lowest BCUT2D eigenvalue weighted by Crippen LogP contribution is -2.66. The fraction of sp³-hybridized carbons (Fsp3) is 0.824. The van der Waals surface area contributed by atoms with E-state index in [1.165, 1.54) is 10.7 Å². The summed E-state index contributed by atoms with van der Waals surface area (Å²) in [7, 11) is -4.07. The van der Waals surface area contributed by atoms with E-state index in [1.807, 2.05) is 20.8 Å². The molecule has 2 spiro atoms. The average molecular weight is 678 g/mol. The molecule has 0 radical (unpaired) electrons. The molecule has 0 aromatic heterocycles. The molecule has 13 heteroatoms. The number of alkyl carbamates (subject to hydrolysis) is 1. The van der Waals surface area contributed by atoms with Crippen molar-refractivity contribution in [3.8, 4) is 0 Å². The lowest BCUT2D eigenvalue weighted by molar-refractivity contribution is -0.231. The van der Waals surface area contributed by atoms with Crippen LogP contribution in [0.1, 0.15) is 107 Å². The lowest BCUT2D eigenvalue weighted by atomic mass is 9.32. The number of carbonyl (C=O) groups excluding carboxylic acids is 4. The van der Waals surface area contributed by atoms with Gasteiger partial charge in [0.1, 0.15) is 23.2 Å². The minimum absolute atomic E-state index is 0.135. The van der Waals surface area contributed by atoms with E-state index >= 15 is 0 Å². The molecule has 5 unspecified atom stereocenters. The highest BCUT2D eigenvalue weighted by molar-refractivity contribution is 7.87. The van der Waals surface area contributed by atoms with Gasteiger partial charge < -0.3 is 20.3 Å². The number of ether oxygens (including phenoxy) is 1. The molecular formula is C34H55N5O7S. The van der Waals surface area contributed by atoms with Crippen LogP contribution in [-0.2, 0) is 29.3 Å². The first-order valence-electron chi connectivity index (χ1n) is 17.1. The van der Waals surface area contributed by atoms with Crippen molar-refractivity contribution in [1.29, 1.82) is 0 Å².